The third kappa shape index (κ3) is 3.06. The van der Waals surface area contributed by atoms with Gasteiger partial charge >= 0.3 is 0 Å². The molecule has 0 aliphatic carbocycles. The summed E-state index contributed by atoms with van der Waals surface area (Å²) in [6.07, 6.45) is 3.54. The maximum absolute atomic E-state index is 13.0. The highest BCUT2D eigenvalue weighted by Crippen LogP contribution is 2.39. The highest BCUT2D eigenvalue weighted by molar-refractivity contribution is 5.94. The molecule has 7 nitrogen and oxygen atoms in total. The number of nitrogens with zero attached hydrogens (tertiary/aromatic N) is 5. The summed E-state index contributed by atoms with van der Waals surface area (Å²) in [5.74, 6) is 1.56. The van der Waals surface area contributed by atoms with Crippen molar-refractivity contribution < 1.29 is 9.53 Å². The molecule has 25 heavy (non-hydrogen) atoms. The van der Waals surface area contributed by atoms with Crippen molar-refractivity contribution >= 4 is 11.7 Å². The topological polar surface area (TPSA) is 63.5 Å². The van der Waals surface area contributed by atoms with Crippen molar-refractivity contribution in [1.29, 1.82) is 0 Å². The molecule has 2 aromatic heterocycles. The van der Waals surface area contributed by atoms with E-state index < -0.39 is 0 Å². The Bertz CT molecular complexity index is 767. The smallest absolute Gasteiger partial charge is 0.255 e. The van der Waals surface area contributed by atoms with Crippen LogP contribution in [0.2, 0.25) is 0 Å². The predicted molar refractivity (Wildman–Crippen MR) is 96.1 cm³/mol. The summed E-state index contributed by atoms with van der Waals surface area (Å²) in [4.78, 5) is 21.2. The van der Waals surface area contributed by atoms with Gasteiger partial charge in [0, 0.05) is 33.9 Å². The first-order valence-electron chi connectivity index (χ1n) is 8.46. The van der Waals surface area contributed by atoms with Gasteiger partial charge in [0.15, 0.2) is 0 Å². The lowest BCUT2D eigenvalue weighted by molar-refractivity contribution is 0.0733. The normalized spacial score (nSPS) is 17.0. The van der Waals surface area contributed by atoms with E-state index in [0.29, 0.717) is 5.56 Å². The summed E-state index contributed by atoms with van der Waals surface area (Å²) in [5, 5.41) is 4.46. The standard InChI is InChI=1S/C18H25N5O2/c1-12-16(18(25-5)22(4)20-12)14-7-6-10-23(14)17(24)13-8-9-15(19-11-13)21(2)3/h8-9,11,14H,6-7,10H2,1-5H3. The van der Waals surface area contributed by atoms with Crippen LogP contribution >= 0.6 is 0 Å². The quantitative estimate of drug-likeness (QED) is 0.851. The van der Waals surface area contributed by atoms with Gasteiger partial charge in [0.1, 0.15) is 5.82 Å². The molecule has 3 rings (SSSR count). The van der Waals surface area contributed by atoms with Crippen molar-refractivity contribution in [1.82, 2.24) is 19.7 Å². The van der Waals surface area contributed by atoms with E-state index in [4.69, 9.17) is 4.74 Å². The van der Waals surface area contributed by atoms with E-state index in [0.717, 1.165) is 42.3 Å². The molecular weight excluding hydrogens is 318 g/mol. The Morgan fingerprint density at radius 2 is 2.12 bits per heavy atom. The summed E-state index contributed by atoms with van der Waals surface area (Å²) in [6.45, 7) is 2.70. The number of aryl methyl sites for hydroxylation is 2. The van der Waals surface area contributed by atoms with Crippen LogP contribution in [0.15, 0.2) is 18.3 Å². The minimum absolute atomic E-state index is 0.00520. The average Bonchev–Trinajstić information content (AvgIpc) is 3.17. The van der Waals surface area contributed by atoms with Crippen LogP contribution in [0.3, 0.4) is 0 Å². The molecule has 0 radical (unpaired) electrons. The molecular formula is C18H25N5O2. The lowest BCUT2D eigenvalue weighted by Crippen LogP contribution is -2.31. The first-order chi connectivity index (χ1) is 11.9. The zero-order valence-electron chi connectivity index (χ0n) is 15.5. The Kier molecular flexibility index (Phi) is 4.65. The third-order valence-corrected chi connectivity index (χ3v) is 4.71. The Morgan fingerprint density at radius 3 is 2.72 bits per heavy atom. The Hall–Kier alpha value is -2.57. The van der Waals surface area contributed by atoms with Gasteiger partial charge in [-0.2, -0.15) is 5.10 Å². The minimum atomic E-state index is -0.00956. The molecule has 7 heteroatoms. The predicted octanol–water partition coefficient (Wildman–Crippen LogP) is 2.18. The number of hydrogen-bond acceptors (Lipinski definition) is 5. The average molecular weight is 343 g/mol. The van der Waals surface area contributed by atoms with Crippen LogP contribution in [0.4, 0.5) is 5.82 Å². The molecule has 134 valence electrons. The Balaban J connectivity index is 1.90. The Labute approximate surface area is 148 Å². The van der Waals surface area contributed by atoms with Crippen molar-refractivity contribution in [2.24, 2.45) is 7.05 Å². The molecule has 0 bridgehead atoms. The second kappa shape index (κ2) is 6.74. The van der Waals surface area contributed by atoms with Crippen molar-refractivity contribution in [3.63, 3.8) is 0 Å². The van der Waals surface area contributed by atoms with Gasteiger partial charge in [-0.25, -0.2) is 9.67 Å². The molecule has 1 unspecified atom stereocenters. The van der Waals surface area contributed by atoms with E-state index in [1.54, 1.807) is 18.0 Å². The number of aromatic nitrogens is 3. The van der Waals surface area contributed by atoms with Gasteiger partial charge in [-0.1, -0.05) is 0 Å². The first-order valence-corrected chi connectivity index (χ1v) is 8.46. The van der Waals surface area contributed by atoms with E-state index in [1.165, 1.54) is 0 Å². The molecule has 0 spiro atoms. The summed E-state index contributed by atoms with van der Waals surface area (Å²) in [6, 6.07) is 3.70. The van der Waals surface area contributed by atoms with E-state index in [1.807, 2.05) is 50.0 Å². The maximum Gasteiger partial charge on any atom is 0.255 e. The van der Waals surface area contributed by atoms with Gasteiger partial charge in [-0.15, -0.1) is 0 Å². The van der Waals surface area contributed by atoms with Crippen LogP contribution in [0, 0.1) is 6.92 Å². The molecule has 3 heterocycles. The van der Waals surface area contributed by atoms with Crippen molar-refractivity contribution in [2.75, 3.05) is 32.6 Å². The number of carbonyl (C=O) groups is 1. The number of amides is 1. The number of hydrogen-bond donors (Lipinski definition) is 0. The monoisotopic (exact) mass is 343 g/mol. The number of rotatable bonds is 4. The van der Waals surface area contributed by atoms with Crippen molar-refractivity contribution in [2.45, 2.75) is 25.8 Å². The molecule has 1 aliphatic heterocycles. The third-order valence-electron chi connectivity index (χ3n) is 4.71. The van der Waals surface area contributed by atoms with Gasteiger partial charge < -0.3 is 14.5 Å². The second-order valence-corrected chi connectivity index (χ2v) is 6.59. The van der Waals surface area contributed by atoms with E-state index in [-0.39, 0.29) is 11.9 Å². The number of carbonyl (C=O) groups excluding carboxylic acids is 1. The number of methoxy groups -OCH3 is 1. The molecule has 1 fully saturated rings. The van der Waals surface area contributed by atoms with Crippen LogP contribution in [0.5, 0.6) is 5.88 Å². The van der Waals surface area contributed by atoms with Crippen LogP contribution in [0.25, 0.3) is 0 Å². The van der Waals surface area contributed by atoms with Gasteiger partial charge in [0.2, 0.25) is 5.88 Å². The summed E-state index contributed by atoms with van der Waals surface area (Å²) in [5.41, 5.74) is 2.52. The summed E-state index contributed by atoms with van der Waals surface area (Å²) < 4.78 is 7.27. The maximum atomic E-state index is 13.0. The van der Waals surface area contributed by atoms with Crippen LogP contribution in [-0.4, -0.2) is 53.3 Å². The van der Waals surface area contributed by atoms with E-state index in [9.17, 15) is 4.79 Å². The van der Waals surface area contributed by atoms with E-state index >= 15 is 0 Å². The number of anilines is 1. The van der Waals surface area contributed by atoms with Gasteiger partial charge in [-0.05, 0) is 31.9 Å². The van der Waals surface area contributed by atoms with Crippen molar-refractivity contribution in [3.8, 4) is 5.88 Å². The minimum Gasteiger partial charge on any atom is -0.481 e. The molecule has 1 atom stereocenters. The molecule has 0 saturated carbocycles. The number of pyridine rings is 1. The molecule has 2 aromatic rings. The highest BCUT2D eigenvalue weighted by atomic mass is 16.5. The fraction of sp³-hybridized carbons (Fsp3) is 0.500. The van der Waals surface area contributed by atoms with Crippen LogP contribution < -0.4 is 9.64 Å². The number of likely N-dealkylation sites (tertiary alicyclic amines) is 1. The zero-order valence-corrected chi connectivity index (χ0v) is 15.5. The van der Waals surface area contributed by atoms with Crippen LogP contribution in [-0.2, 0) is 7.05 Å². The van der Waals surface area contributed by atoms with Gasteiger partial charge in [0.25, 0.3) is 5.91 Å². The van der Waals surface area contributed by atoms with Crippen molar-refractivity contribution in [3.05, 3.63) is 35.2 Å². The number of ether oxygens (including phenoxy) is 1. The Morgan fingerprint density at radius 1 is 1.36 bits per heavy atom. The molecule has 1 aliphatic rings. The van der Waals surface area contributed by atoms with Gasteiger partial charge in [-0.3, -0.25) is 4.79 Å². The fourth-order valence-corrected chi connectivity index (χ4v) is 3.53. The fourth-order valence-electron chi connectivity index (χ4n) is 3.53. The first kappa shape index (κ1) is 17.3. The highest BCUT2D eigenvalue weighted by Gasteiger charge is 2.35. The molecule has 1 saturated heterocycles. The molecule has 1 amide bonds. The molecule has 0 aromatic carbocycles. The largest absolute Gasteiger partial charge is 0.481 e. The summed E-state index contributed by atoms with van der Waals surface area (Å²) >= 11 is 0. The summed E-state index contributed by atoms with van der Waals surface area (Å²) in [7, 11) is 7.36. The van der Waals surface area contributed by atoms with Crippen LogP contribution in [0.1, 0.15) is 40.5 Å². The van der Waals surface area contributed by atoms with Gasteiger partial charge in [0.05, 0.1) is 30.0 Å². The lowest BCUT2D eigenvalue weighted by Gasteiger charge is -2.25. The SMILES string of the molecule is COc1c(C2CCCN2C(=O)c2ccc(N(C)C)nc2)c(C)nn1C. The lowest BCUT2D eigenvalue weighted by atomic mass is 10.0. The zero-order chi connectivity index (χ0) is 18.1. The second-order valence-electron chi connectivity index (χ2n) is 6.59. The van der Waals surface area contributed by atoms with E-state index in [2.05, 4.69) is 10.1 Å². The molecule has 0 N–H and O–H groups in total.